The van der Waals surface area contributed by atoms with E-state index in [4.69, 9.17) is 9.47 Å². The Balaban J connectivity index is 0.720. The second-order valence-corrected chi connectivity index (χ2v) is 18.9. The number of carbonyl (C=O) groups excluding carboxylic acids is 3. The summed E-state index contributed by atoms with van der Waals surface area (Å²) in [5.74, 6) is -0.355. The average Bonchev–Trinajstić information content (AvgIpc) is 3.44. The van der Waals surface area contributed by atoms with Gasteiger partial charge in [0.05, 0.1) is 18.2 Å². The number of aliphatic hydroxyl groups excluding tert-OH is 1. The van der Waals surface area contributed by atoms with E-state index in [0.717, 1.165) is 43.6 Å². The van der Waals surface area contributed by atoms with Gasteiger partial charge >= 0.3 is 5.97 Å². The van der Waals surface area contributed by atoms with Gasteiger partial charge in [0.1, 0.15) is 18.1 Å². The highest BCUT2D eigenvalue weighted by atomic mass is 16.5. The van der Waals surface area contributed by atoms with E-state index < -0.39 is 17.7 Å². The normalized spacial score (nSPS) is 15.6. The first-order valence-electron chi connectivity index (χ1n) is 25.0. The van der Waals surface area contributed by atoms with Gasteiger partial charge in [-0.3, -0.25) is 19.3 Å². The maximum atomic E-state index is 13.9. The van der Waals surface area contributed by atoms with Crippen molar-refractivity contribution in [3.05, 3.63) is 213 Å². The number of ether oxygens (including phenoxy) is 2. The molecule has 2 amide bonds. The van der Waals surface area contributed by atoms with E-state index in [1.807, 2.05) is 48.5 Å². The summed E-state index contributed by atoms with van der Waals surface area (Å²) < 4.78 is 12.1. The van der Waals surface area contributed by atoms with E-state index in [1.54, 1.807) is 82.6 Å². The standard InChI is InChI=1S/C59H61N5O9/c65-52-24-22-50(51-23-25-54(67)61-55(51)52)53(66)37-60-29-26-41-14-18-45(19-15-41)56(68)63-32-34-64(35-33-63)57(69)46-20-16-43(17-21-46)39-72-49-13-7-12-48(36-49)59(71,47-10-5-2-6-11-47)58(70)73-40-44-27-30-62(31-28-44)38-42-8-3-1-4-9-42/h1-25,36,44,53,60,65-66,71H,26-35,37-40H2,(H,61,67)/t53-,59?/m0/s1. The van der Waals surface area contributed by atoms with Crippen LogP contribution in [0, 0.1) is 5.92 Å². The van der Waals surface area contributed by atoms with Crippen molar-refractivity contribution in [1.82, 2.24) is 25.0 Å². The third-order valence-electron chi connectivity index (χ3n) is 14.0. The van der Waals surface area contributed by atoms with Gasteiger partial charge in [-0.25, -0.2) is 4.79 Å². The molecule has 0 aliphatic carbocycles. The third kappa shape index (κ3) is 12.2. The monoisotopic (exact) mass is 983 g/mol. The minimum Gasteiger partial charge on any atom is -0.506 e. The minimum absolute atomic E-state index is 0.0600. The van der Waals surface area contributed by atoms with Crippen LogP contribution in [0.25, 0.3) is 10.9 Å². The number of amides is 2. The molecular weight excluding hydrogens is 923 g/mol. The number of phenolic OH excluding ortho intramolecular Hbond substituents is 1. The molecule has 0 bridgehead atoms. The molecule has 1 aromatic heterocycles. The lowest BCUT2D eigenvalue weighted by Crippen LogP contribution is -2.50. The van der Waals surface area contributed by atoms with Crippen molar-refractivity contribution in [3.63, 3.8) is 0 Å². The molecule has 9 rings (SSSR count). The zero-order valence-electron chi connectivity index (χ0n) is 40.7. The Morgan fingerprint density at radius 2 is 1.30 bits per heavy atom. The van der Waals surface area contributed by atoms with Crippen LogP contribution in [0.2, 0.25) is 0 Å². The van der Waals surface area contributed by atoms with Crippen LogP contribution in [0.4, 0.5) is 0 Å². The molecular formula is C59H61N5O9. The number of aromatic hydroxyl groups is 1. The highest BCUT2D eigenvalue weighted by Crippen LogP contribution is 2.34. The van der Waals surface area contributed by atoms with Gasteiger partial charge in [-0.2, -0.15) is 0 Å². The molecule has 2 saturated heterocycles. The molecule has 6 aromatic carbocycles. The Hall–Kier alpha value is -7.62. The summed E-state index contributed by atoms with van der Waals surface area (Å²) in [5.41, 5.74) is 3.44. The van der Waals surface area contributed by atoms with E-state index >= 15 is 0 Å². The highest BCUT2D eigenvalue weighted by molar-refractivity contribution is 5.96. The number of rotatable bonds is 18. The number of esters is 1. The predicted molar refractivity (Wildman–Crippen MR) is 278 cm³/mol. The van der Waals surface area contributed by atoms with Crippen molar-refractivity contribution in [2.45, 2.75) is 44.1 Å². The van der Waals surface area contributed by atoms with Crippen LogP contribution in [-0.4, -0.2) is 112 Å². The Morgan fingerprint density at radius 3 is 1.96 bits per heavy atom. The van der Waals surface area contributed by atoms with Crippen LogP contribution in [0.1, 0.15) is 73.0 Å². The van der Waals surface area contributed by atoms with Crippen molar-refractivity contribution in [2.75, 3.05) is 59.0 Å². The number of piperazine rings is 1. The summed E-state index contributed by atoms with van der Waals surface area (Å²) in [5, 5.41) is 37.1. The van der Waals surface area contributed by atoms with E-state index in [-0.39, 0.29) is 54.3 Å². The van der Waals surface area contributed by atoms with Crippen molar-refractivity contribution in [3.8, 4) is 11.5 Å². The zero-order chi connectivity index (χ0) is 50.7. The van der Waals surface area contributed by atoms with Gasteiger partial charge in [-0.05, 0) is 121 Å². The maximum Gasteiger partial charge on any atom is 0.347 e. The lowest BCUT2D eigenvalue weighted by atomic mass is 9.86. The van der Waals surface area contributed by atoms with Gasteiger partial charge < -0.3 is 44.9 Å². The first-order valence-corrected chi connectivity index (χ1v) is 25.0. The molecule has 2 atom stereocenters. The highest BCUT2D eigenvalue weighted by Gasteiger charge is 2.42. The van der Waals surface area contributed by atoms with Gasteiger partial charge in [0.15, 0.2) is 0 Å². The Kier molecular flexibility index (Phi) is 16.1. The van der Waals surface area contributed by atoms with E-state index in [9.17, 15) is 34.5 Å². The number of hydrogen-bond donors (Lipinski definition) is 5. The van der Waals surface area contributed by atoms with E-state index in [2.05, 4.69) is 39.5 Å². The molecule has 7 aromatic rings. The van der Waals surface area contributed by atoms with Crippen molar-refractivity contribution in [2.24, 2.45) is 5.92 Å². The number of aliphatic hydroxyl groups is 2. The number of hydrogen-bond acceptors (Lipinski definition) is 11. The van der Waals surface area contributed by atoms with Gasteiger partial charge in [0, 0.05) is 67.4 Å². The number of H-pyrrole nitrogens is 1. The fraction of sp³-hybridized carbons (Fsp3) is 0.288. The number of nitrogens with zero attached hydrogens (tertiary/aromatic N) is 3. The third-order valence-corrected chi connectivity index (χ3v) is 14.0. The second-order valence-electron chi connectivity index (χ2n) is 18.9. The number of phenols is 1. The Bertz CT molecular complexity index is 3040. The second kappa shape index (κ2) is 23.3. The number of carbonyl (C=O) groups is 3. The molecule has 376 valence electrons. The first kappa shape index (κ1) is 50.3. The molecule has 3 heterocycles. The zero-order valence-corrected chi connectivity index (χ0v) is 40.7. The van der Waals surface area contributed by atoms with Gasteiger partial charge in [0.2, 0.25) is 11.2 Å². The Labute approximate surface area is 424 Å². The summed E-state index contributed by atoms with van der Waals surface area (Å²) in [6, 6.07) is 46.9. The maximum absolute atomic E-state index is 13.9. The van der Waals surface area contributed by atoms with Crippen LogP contribution in [-0.2, 0) is 34.7 Å². The summed E-state index contributed by atoms with van der Waals surface area (Å²) in [7, 11) is 0. The van der Waals surface area contributed by atoms with Gasteiger partial charge in [-0.15, -0.1) is 0 Å². The quantitative estimate of drug-likeness (QED) is 0.0442. The topological polar surface area (TPSA) is 185 Å². The molecule has 2 fully saturated rings. The largest absolute Gasteiger partial charge is 0.506 e. The first-order chi connectivity index (χ1) is 35.5. The van der Waals surface area contributed by atoms with Crippen molar-refractivity contribution < 1.29 is 39.2 Å². The van der Waals surface area contributed by atoms with Crippen LogP contribution in [0.3, 0.4) is 0 Å². The lowest BCUT2D eigenvalue weighted by molar-refractivity contribution is -0.164. The Morgan fingerprint density at radius 1 is 0.685 bits per heavy atom. The molecule has 14 nitrogen and oxygen atoms in total. The van der Waals surface area contributed by atoms with Gasteiger partial charge in [-0.1, -0.05) is 103 Å². The van der Waals surface area contributed by atoms with E-state index in [0.29, 0.717) is 78.1 Å². The number of aromatic nitrogens is 1. The van der Waals surface area contributed by atoms with Crippen molar-refractivity contribution in [1.29, 1.82) is 0 Å². The summed E-state index contributed by atoms with van der Waals surface area (Å²) in [6.07, 6.45) is 1.60. The van der Waals surface area contributed by atoms with Crippen LogP contribution >= 0.6 is 0 Å². The van der Waals surface area contributed by atoms with Crippen LogP contribution < -0.4 is 15.6 Å². The van der Waals surface area contributed by atoms with Gasteiger partial charge in [0.25, 0.3) is 11.8 Å². The number of likely N-dealkylation sites (tertiary alicyclic amines) is 1. The molecule has 0 spiro atoms. The summed E-state index contributed by atoms with van der Waals surface area (Å²) >= 11 is 0. The molecule has 2 aliphatic rings. The molecule has 73 heavy (non-hydrogen) atoms. The SMILES string of the molecule is O=C(c1ccc(CCNC[C@H](O)c2ccc(O)c3[nH]c(=O)ccc23)cc1)N1CCN(C(=O)c2ccc(COc3cccc(C(O)(C(=O)OCC4CCN(Cc5ccccc5)CC4)c4ccccc4)c3)cc2)CC1. The minimum atomic E-state index is -2.06. The van der Waals surface area contributed by atoms with Crippen molar-refractivity contribution >= 4 is 28.7 Å². The molecule has 5 N–H and O–H groups in total. The number of aromatic amines is 1. The number of benzene rings is 6. The molecule has 0 saturated carbocycles. The summed E-state index contributed by atoms with van der Waals surface area (Å²) in [6.45, 7) is 5.57. The lowest BCUT2D eigenvalue weighted by Gasteiger charge is -2.35. The summed E-state index contributed by atoms with van der Waals surface area (Å²) in [4.78, 5) is 61.3. The predicted octanol–water partition coefficient (Wildman–Crippen LogP) is 6.97. The molecule has 2 aliphatic heterocycles. The smallest absolute Gasteiger partial charge is 0.347 e. The number of piperidine rings is 1. The number of nitrogens with one attached hydrogen (secondary N) is 2. The van der Waals surface area contributed by atoms with Crippen LogP contribution in [0.15, 0.2) is 163 Å². The average molecular weight is 984 g/mol. The number of pyridine rings is 1. The molecule has 0 radical (unpaired) electrons. The molecule has 14 heteroatoms. The fourth-order valence-electron chi connectivity index (χ4n) is 9.68. The fourth-order valence-corrected chi connectivity index (χ4v) is 9.68. The molecule has 1 unspecified atom stereocenters. The number of fused-ring (bicyclic) bond motifs is 1. The van der Waals surface area contributed by atoms with E-state index in [1.165, 1.54) is 17.7 Å². The van der Waals surface area contributed by atoms with Crippen LogP contribution in [0.5, 0.6) is 11.5 Å².